The highest BCUT2D eigenvalue weighted by atomic mass is 32.2. The van der Waals surface area contributed by atoms with E-state index in [1.807, 2.05) is 54.6 Å². The number of ether oxygens (including phenoxy) is 1. The van der Waals surface area contributed by atoms with E-state index >= 15 is 0 Å². The molecule has 0 bridgehead atoms. The third-order valence-electron chi connectivity index (χ3n) is 6.96. The number of benzene rings is 3. The zero-order chi connectivity index (χ0) is 27.7. The van der Waals surface area contributed by atoms with Gasteiger partial charge in [0, 0.05) is 37.1 Å². The van der Waals surface area contributed by atoms with Crippen molar-refractivity contribution in [1.29, 1.82) is 0 Å². The predicted octanol–water partition coefficient (Wildman–Crippen LogP) is 5.29. The average molecular weight is 571 g/mol. The zero-order valence-corrected chi connectivity index (χ0v) is 23.4. The maximum absolute atomic E-state index is 13.8. The molecule has 3 heterocycles. The summed E-state index contributed by atoms with van der Waals surface area (Å²) in [6.07, 6.45) is 4.06. The van der Waals surface area contributed by atoms with Crippen LogP contribution in [0.25, 0.3) is 10.2 Å². The van der Waals surface area contributed by atoms with Gasteiger partial charge in [0.25, 0.3) is 5.91 Å². The molecule has 0 atom stereocenters. The van der Waals surface area contributed by atoms with Crippen molar-refractivity contribution < 1.29 is 17.9 Å². The van der Waals surface area contributed by atoms with Crippen molar-refractivity contribution in [1.82, 2.24) is 14.3 Å². The molecule has 1 aliphatic rings. The molecule has 6 rings (SSSR count). The zero-order valence-electron chi connectivity index (χ0n) is 21.7. The molecule has 0 fully saturated rings. The van der Waals surface area contributed by atoms with Crippen molar-refractivity contribution in [3.05, 3.63) is 114 Å². The maximum Gasteiger partial charge on any atom is 0.260 e. The normalized spacial score (nSPS) is 13.6. The summed E-state index contributed by atoms with van der Waals surface area (Å²) in [6, 6.07) is 23.4. The average Bonchev–Trinajstić information content (AvgIpc) is 3.43. The summed E-state index contributed by atoms with van der Waals surface area (Å²) in [5.41, 5.74) is 4.13. The van der Waals surface area contributed by atoms with Gasteiger partial charge in [-0.15, -0.1) is 0 Å². The SMILES string of the molecule is COc1ccc2sc(N(Cc3cccnc3)C(=O)c3ccc(S(=O)(=O)N4CCc5ccccc5C4)cc3)nc2c1. The Kier molecular flexibility index (Phi) is 7.05. The molecule has 10 heteroatoms. The molecule has 3 aromatic carbocycles. The molecule has 0 aliphatic carbocycles. The van der Waals surface area contributed by atoms with Crippen molar-refractivity contribution in [2.75, 3.05) is 18.6 Å². The second kappa shape index (κ2) is 10.8. The third-order valence-corrected chi connectivity index (χ3v) is 9.88. The Hall–Kier alpha value is -4.12. The van der Waals surface area contributed by atoms with E-state index in [2.05, 4.69) is 4.98 Å². The molecule has 1 amide bonds. The lowest BCUT2D eigenvalue weighted by Gasteiger charge is -2.28. The molecule has 40 heavy (non-hydrogen) atoms. The quantitative estimate of drug-likeness (QED) is 0.264. The van der Waals surface area contributed by atoms with E-state index in [1.54, 1.807) is 36.5 Å². The van der Waals surface area contributed by atoms with Crippen molar-refractivity contribution >= 4 is 42.6 Å². The third kappa shape index (κ3) is 5.08. The lowest BCUT2D eigenvalue weighted by Crippen LogP contribution is -2.36. The molecule has 0 unspecified atom stereocenters. The van der Waals surface area contributed by atoms with Gasteiger partial charge in [-0.2, -0.15) is 4.31 Å². The fourth-order valence-corrected chi connectivity index (χ4v) is 7.15. The van der Waals surface area contributed by atoms with Gasteiger partial charge in [0.2, 0.25) is 10.0 Å². The number of hydrogen-bond acceptors (Lipinski definition) is 7. The minimum atomic E-state index is -3.71. The number of nitrogens with zero attached hydrogens (tertiary/aromatic N) is 4. The molecule has 0 spiro atoms. The summed E-state index contributed by atoms with van der Waals surface area (Å²) in [7, 11) is -2.12. The van der Waals surface area contributed by atoms with E-state index in [-0.39, 0.29) is 17.3 Å². The summed E-state index contributed by atoms with van der Waals surface area (Å²) in [6.45, 7) is 1.01. The van der Waals surface area contributed by atoms with Crippen LogP contribution in [0.1, 0.15) is 27.0 Å². The Morgan fingerprint density at radius 2 is 1.82 bits per heavy atom. The number of anilines is 1. The Morgan fingerprint density at radius 1 is 1.02 bits per heavy atom. The molecule has 1 aliphatic heterocycles. The first kappa shape index (κ1) is 26.1. The van der Waals surface area contributed by atoms with E-state index in [4.69, 9.17) is 9.72 Å². The number of methoxy groups -OCH3 is 1. The molecule has 0 radical (unpaired) electrons. The van der Waals surface area contributed by atoms with Crippen LogP contribution in [-0.2, 0) is 29.5 Å². The monoisotopic (exact) mass is 570 g/mol. The first-order valence-electron chi connectivity index (χ1n) is 12.7. The van der Waals surface area contributed by atoms with Crippen molar-refractivity contribution in [3.8, 4) is 5.75 Å². The van der Waals surface area contributed by atoms with Gasteiger partial charge in [0.1, 0.15) is 5.75 Å². The van der Waals surface area contributed by atoms with Crippen LogP contribution in [0.3, 0.4) is 0 Å². The molecular formula is C30H26N4O4S2. The molecule has 202 valence electrons. The van der Waals surface area contributed by atoms with Gasteiger partial charge in [0.05, 0.1) is 28.8 Å². The smallest absolute Gasteiger partial charge is 0.260 e. The van der Waals surface area contributed by atoms with Crippen molar-refractivity contribution in [2.24, 2.45) is 0 Å². The number of carbonyl (C=O) groups is 1. The maximum atomic E-state index is 13.8. The van der Waals surface area contributed by atoms with Gasteiger partial charge < -0.3 is 4.74 Å². The van der Waals surface area contributed by atoms with E-state index in [0.29, 0.717) is 36.0 Å². The van der Waals surface area contributed by atoms with Gasteiger partial charge >= 0.3 is 0 Å². The first-order valence-corrected chi connectivity index (χ1v) is 15.0. The van der Waals surface area contributed by atoms with Gasteiger partial charge in [-0.25, -0.2) is 13.4 Å². The molecule has 0 saturated carbocycles. The van der Waals surface area contributed by atoms with Gasteiger partial charge in [-0.05, 0) is 65.6 Å². The largest absolute Gasteiger partial charge is 0.497 e. The lowest BCUT2D eigenvalue weighted by molar-refractivity contribution is 0.0985. The minimum Gasteiger partial charge on any atom is -0.497 e. The molecule has 8 nitrogen and oxygen atoms in total. The van der Waals surface area contributed by atoms with Crippen LogP contribution in [-0.4, -0.2) is 42.3 Å². The summed E-state index contributed by atoms with van der Waals surface area (Å²) < 4.78 is 34.6. The Labute approximate surface area is 236 Å². The number of sulfonamides is 1. The number of thiazole rings is 1. The van der Waals surface area contributed by atoms with Crippen molar-refractivity contribution in [3.63, 3.8) is 0 Å². The molecule has 0 saturated heterocycles. The highest BCUT2D eigenvalue weighted by molar-refractivity contribution is 7.89. The molecular weight excluding hydrogens is 544 g/mol. The standard InChI is InChI=1S/C30H26N4O4S2/c1-38-25-10-13-28-27(17-25)32-30(39-28)34(19-21-5-4-15-31-18-21)29(35)23-8-11-26(12-9-23)40(36,37)33-16-14-22-6-2-3-7-24(22)20-33/h2-13,15,17-18H,14,16,19-20H2,1H3. The Bertz CT molecular complexity index is 1790. The van der Waals surface area contributed by atoms with E-state index in [1.165, 1.54) is 33.3 Å². The number of amides is 1. The highest BCUT2D eigenvalue weighted by Crippen LogP contribution is 2.33. The van der Waals surface area contributed by atoms with Crippen LogP contribution in [0, 0.1) is 0 Å². The minimum absolute atomic E-state index is 0.161. The fraction of sp³-hybridized carbons (Fsp3) is 0.167. The summed E-state index contributed by atoms with van der Waals surface area (Å²) in [4.78, 5) is 24.5. The van der Waals surface area contributed by atoms with Crippen LogP contribution in [0.2, 0.25) is 0 Å². The number of aromatic nitrogens is 2. The second-order valence-corrected chi connectivity index (χ2v) is 12.4. The fourth-order valence-electron chi connectivity index (χ4n) is 4.79. The summed E-state index contributed by atoms with van der Waals surface area (Å²) in [5.74, 6) is 0.397. The topological polar surface area (TPSA) is 92.7 Å². The van der Waals surface area contributed by atoms with Crippen LogP contribution in [0.15, 0.2) is 96.2 Å². The number of fused-ring (bicyclic) bond motifs is 2. The lowest BCUT2D eigenvalue weighted by atomic mass is 10.0. The Morgan fingerprint density at radius 3 is 2.58 bits per heavy atom. The highest BCUT2D eigenvalue weighted by Gasteiger charge is 2.29. The van der Waals surface area contributed by atoms with Crippen molar-refractivity contribution in [2.45, 2.75) is 24.4 Å². The number of rotatable bonds is 7. The van der Waals surface area contributed by atoms with Gasteiger partial charge in [-0.3, -0.25) is 14.7 Å². The van der Waals surface area contributed by atoms with Crippen LogP contribution < -0.4 is 9.64 Å². The number of hydrogen-bond donors (Lipinski definition) is 0. The van der Waals surface area contributed by atoms with Gasteiger partial charge in [-0.1, -0.05) is 41.7 Å². The number of pyridine rings is 1. The molecule has 0 N–H and O–H groups in total. The van der Waals surface area contributed by atoms with E-state index in [9.17, 15) is 13.2 Å². The molecule has 2 aromatic heterocycles. The van der Waals surface area contributed by atoms with Gasteiger partial charge in [0.15, 0.2) is 5.13 Å². The second-order valence-electron chi connectivity index (χ2n) is 9.46. The van der Waals surface area contributed by atoms with E-state index < -0.39 is 10.0 Å². The Balaban J connectivity index is 1.29. The molecule has 5 aromatic rings. The first-order chi connectivity index (χ1) is 19.4. The van der Waals surface area contributed by atoms with E-state index in [0.717, 1.165) is 21.3 Å². The van der Waals surface area contributed by atoms with Crippen LogP contribution >= 0.6 is 11.3 Å². The number of carbonyl (C=O) groups excluding carboxylic acids is 1. The summed E-state index contributed by atoms with van der Waals surface area (Å²) in [5, 5.41) is 0.529. The van der Waals surface area contributed by atoms with Crippen LogP contribution in [0.5, 0.6) is 5.75 Å². The van der Waals surface area contributed by atoms with Crippen LogP contribution in [0.4, 0.5) is 5.13 Å². The summed E-state index contributed by atoms with van der Waals surface area (Å²) >= 11 is 1.40. The predicted molar refractivity (Wildman–Crippen MR) is 155 cm³/mol.